The Morgan fingerprint density at radius 1 is 1.26 bits per heavy atom. The van der Waals surface area contributed by atoms with E-state index in [9.17, 15) is 0 Å². The van der Waals surface area contributed by atoms with Crippen LogP contribution in [0.25, 0.3) is 26.3 Å². The topological polar surface area (TPSA) is 21.2 Å². The van der Waals surface area contributed by atoms with Gasteiger partial charge in [0, 0.05) is 24.2 Å². The Bertz CT molecular complexity index is 949. The second-order valence-electron chi connectivity index (χ2n) is 4.86. The summed E-state index contributed by atoms with van der Waals surface area (Å²) in [6.45, 7) is 0.962. The molecule has 0 fully saturated rings. The summed E-state index contributed by atoms with van der Waals surface area (Å²) in [7, 11) is 0. The maximum atomic E-state index is 4.26. The van der Waals surface area contributed by atoms with E-state index in [2.05, 4.69) is 50.6 Å². The van der Waals surface area contributed by atoms with Gasteiger partial charge in [-0.15, -0.1) is 0 Å². The van der Waals surface area contributed by atoms with Crippen LogP contribution in [0.5, 0.6) is 0 Å². The number of aromatic nitrogens is 3. The van der Waals surface area contributed by atoms with E-state index in [0.717, 1.165) is 6.54 Å². The van der Waals surface area contributed by atoms with Crippen LogP contribution in [0.4, 0.5) is 0 Å². The number of rotatable bonds is 0. The molecular formula is C15H10N3S+. The molecule has 3 nitrogen and oxygen atoms in total. The van der Waals surface area contributed by atoms with E-state index in [1.165, 1.54) is 31.9 Å². The first-order chi connectivity index (χ1) is 9.42. The van der Waals surface area contributed by atoms with Gasteiger partial charge in [0.1, 0.15) is 4.70 Å². The van der Waals surface area contributed by atoms with Crippen molar-refractivity contribution in [3.8, 4) is 10.6 Å². The Balaban J connectivity index is 1.93. The van der Waals surface area contributed by atoms with Crippen LogP contribution in [0.2, 0.25) is 0 Å². The first-order valence-electron chi connectivity index (χ1n) is 6.27. The predicted octanol–water partition coefficient (Wildman–Crippen LogP) is 2.87. The molecule has 0 saturated heterocycles. The van der Waals surface area contributed by atoms with Crippen LogP contribution in [-0.4, -0.2) is 9.38 Å². The lowest BCUT2D eigenvalue weighted by atomic mass is 10.2. The molecule has 1 aliphatic heterocycles. The number of fused-ring (bicyclic) bond motifs is 7. The summed E-state index contributed by atoms with van der Waals surface area (Å²) in [5, 5.41) is 1.33. The quantitative estimate of drug-likeness (QED) is 0.394. The third kappa shape index (κ3) is 1.12. The Kier molecular flexibility index (Phi) is 1.64. The Labute approximate surface area is 113 Å². The molecule has 5 heterocycles. The van der Waals surface area contributed by atoms with Gasteiger partial charge in [0.25, 0.3) is 5.01 Å². The molecule has 5 rings (SSSR count). The van der Waals surface area contributed by atoms with E-state index in [0.29, 0.717) is 0 Å². The molecule has 1 aliphatic rings. The molecule has 0 aliphatic carbocycles. The van der Waals surface area contributed by atoms with Crippen molar-refractivity contribution in [3.05, 3.63) is 54.6 Å². The zero-order valence-corrected chi connectivity index (χ0v) is 10.9. The van der Waals surface area contributed by atoms with E-state index in [-0.39, 0.29) is 0 Å². The van der Waals surface area contributed by atoms with Crippen molar-refractivity contribution in [3.63, 3.8) is 0 Å². The van der Waals surface area contributed by atoms with Crippen LogP contribution < -0.4 is 4.57 Å². The lowest BCUT2D eigenvalue weighted by molar-refractivity contribution is -0.642. The summed E-state index contributed by atoms with van der Waals surface area (Å²) in [6, 6.07) is 8.47. The highest BCUT2D eigenvalue weighted by Crippen LogP contribution is 2.37. The van der Waals surface area contributed by atoms with Gasteiger partial charge in [0.15, 0.2) is 6.54 Å². The van der Waals surface area contributed by atoms with E-state index in [4.69, 9.17) is 0 Å². The average Bonchev–Trinajstić information content (AvgIpc) is 3.07. The molecule has 0 radical (unpaired) electrons. The van der Waals surface area contributed by atoms with E-state index in [1.54, 1.807) is 0 Å². The summed E-state index contributed by atoms with van der Waals surface area (Å²) < 4.78 is 5.97. The van der Waals surface area contributed by atoms with Crippen molar-refractivity contribution < 1.29 is 4.57 Å². The molecule has 4 aromatic heterocycles. The van der Waals surface area contributed by atoms with Gasteiger partial charge in [-0.25, -0.2) is 0 Å². The average molecular weight is 264 g/mol. The minimum absolute atomic E-state index is 0.962. The highest BCUT2D eigenvalue weighted by molar-refractivity contribution is 7.22. The molecule has 0 spiro atoms. The Morgan fingerprint density at radius 2 is 2.26 bits per heavy atom. The SMILES string of the molecule is c1ccn2cc3c(sc4[n+]3Cc3ccncc3-4)c2c1. The highest BCUT2D eigenvalue weighted by Gasteiger charge is 2.32. The van der Waals surface area contributed by atoms with Crippen LogP contribution in [0.3, 0.4) is 0 Å². The van der Waals surface area contributed by atoms with Gasteiger partial charge in [-0.05, 0) is 18.2 Å². The van der Waals surface area contributed by atoms with Crippen molar-refractivity contribution in [2.75, 3.05) is 0 Å². The van der Waals surface area contributed by atoms with Gasteiger partial charge < -0.3 is 4.40 Å². The van der Waals surface area contributed by atoms with Gasteiger partial charge in [0.05, 0.1) is 17.3 Å². The number of hydrogen-bond donors (Lipinski definition) is 0. The number of hydrogen-bond acceptors (Lipinski definition) is 2. The van der Waals surface area contributed by atoms with Gasteiger partial charge in [-0.3, -0.25) is 4.98 Å². The van der Waals surface area contributed by atoms with Crippen LogP contribution in [0.15, 0.2) is 49.1 Å². The highest BCUT2D eigenvalue weighted by atomic mass is 32.1. The van der Waals surface area contributed by atoms with E-state index < -0.39 is 0 Å². The monoisotopic (exact) mass is 264 g/mol. The fourth-order valence-electron chi connectivity index (χ4n) is 2.92. The maximum Gasteiger partial charge on any atom is 0.272 e. The third-order valence-electron chi connectivity index (χ3n) is 3.82. The summed E-state index contributed by atoms with van der Waals surface area (Å²) in [5.41, 5.74) is 5.27. The zero-order chi connectivity index (χ0) is 12.4. The minimum Gasteiger partial charge on any atom is -0.316 e. The lowest BCUT2D eigenvalue weighted by Crippen LogP contribution is -2.29. The van der Waals surface area contributed by atoms with Crippen molar-refractivity contribution in [2.45, 2.75) is 6.54 Å². The summed E-state index contributed by atoms with van der Waals surface area (Å²) in [4.78, 5) is 4.26. The molecule has 0 atom stereocenters. The Morgan fingerprint density at radius 3 is 3.26 bits per heavy atom. The normalized spacial score (nSPS) is 13.1. The zero-order valence-electron chi connectivity index (χ0n) is 10.1. The van der Waals surface area contributed by atoms with Crippen LogP contribution in [0.1, 0.15) is 5.56 Å². The maximum absolute atomic E-state index is 4.26. The molecule has 0 unspecified atom stereocenters. The molecule has 19 heavy (non-hydrogen) atoms. The number of pyridine rings is 2. The molecule has 90 valence electrons. The summed E-state index contributed by atoms with van der Waals surface area (Å²) in [6.07, 6.45) is 8.20. The fraction of sp³-hybridized carbons (Fsp3) is 0.0667. The van der Waals surface area contributed by atoms with Crippen LogP contribution >= 0.6 is 11.3 Å². The van der Waals surface area contributed by atoms with E-state index >= 15 is 0 Å². The van der Waals surface area contributed by atoms with Crippen molar-refractivity contribution in [1.82, 2.24) is 9.38 Å². The first kappa shape index (κ1) is 9.69. The summed E-state index contributed by atoms with van der Waals surface area (Å²) >= 11 is 1.87. The van der Waals surface area contributed by atoms with Crippen molar-refractivity contribution in [2.24, 2.45) is 0 Å². The van der Waals surface area contributed by atoms with E-state index in [1.807, 2.05) is 23.7 Å². The second kappa shape index (κ2) is 3.22. The molecule has 4 aromatic rings. The predicted molar refractivity (Wildman–Crippen MR) is 75.3 cm³/mol. The molecule has 0 aromatic carbocycles. The summed E-state index contributed by atoms with van der Waals surface area (Å²) in [5.74, 6) is 0. The van der Waals surface area contributed by atoms with Gasteiger partial charge in [0.2, 0.25) is 5.52 Å². The molecule has 4 heteroatoms. The van der Waals surface area contributed by atoms with Gasteiger partial charge >= 0.3 is 0 Å². The fourth-order valence-corrected chi connectivity index (χ4v) is 4.23. The van der Waals surface area contributed by atoms with Crippen molar-refractivity contribution in [1.29, 1.82) is 0 Å². The minimum atomic E-state index is 0.962. The Hall–Kier alpha value is -2.20. The molecule has 0 bridgehead atoms. The van der Waals surface area contributed by atoms with Crippen LogP contribution in [0, 0.1) is 0 Å². The smallest absolute Gasteiger partial charge is 0.272 e. The molecular weight excluding hydrogens is 254 g/mol. The molecule has 0 saturated carbocycles. The van der Waals surface area contributed by atoms with Crippen LogP contribution in [-0.2, 0) is 6.54 Å². The number of nitrogens with zero attached hydrogens (tertiary/aromatic N) is 3. The number of thiazole rings is 1. The first-order valence-corrected chi connectivity index (χ1v) is 7.09. The molecule has 0 amide bonds. The largest absolute Gasteiger partial charge is 0.316 e. The van der Waals surface area contributed by atoms with Crippen molar-refractivity contribution >= 4 is 27.1 Å². The third-order valence-corrected chi connectivity index (χ3v) is 5.08. The van der Waals surface area contributed by atoms with Gasteiger partial charge in [-0.1, -0.05) is 17.4 Å². The standard InChI is InChI=1S/C15H10N3S/c1-2-6-17-9-13-14(12(17)3-1)19-15-11-7-16-5-4-10(11)8-18(13)15/h1-7,9H,8H2/q+1. The van der Waals surface area contributed by atoms with Gasteiger partial charge in [-0.2, -0.15) is 4.57 Å². The second-order valence-corrected chi connectivity index (χ2v) is 5.86. The lowest BCUT2D eigenvalue weighted by Gasteiger charge is -1.90. The molecule has 0 N–H and O–H groups in total.